The molecule has 0 amide bonds. The molecule has 0 aliphatic carbocycles. The highest BCUT2D eigenvalue weighted by Crippen LogP contribution is 2.29. The highest BCUT2D eigenvalue weighted by atomic mass is 127. The summed E-state index contributed by atoms with van der Waals surface area (Å²) in [6, 6.07) is 9.57. The fraction of sp³-hybridized carbons (Fsp3) is 0.538. The van der Waals surface area contributed by atoms with E-state index in [0.717, 1.165) is 18.5 Å². The molecule has 0 bridgehead atoms. The van der Waals surface area contributed by atoms with E-state index in [4.69, 9.17) is 0 Å². The summed E-state index contributed by atoms with van der Waals surface area (Å²) in [5.41, 5.74) is 3.06. The fourth-order valence-corrected chi connectivity index (χ4v) is 3.09. The first-order valence-corrected chi connectivity index (χ1v) is 6.62. The van der Waals surface area contributed by atoms with E-state index in [1.807, 2.05) is 0 Å². The third-order valence-corrected chi connectivity index (χ3v) is 4.16. The molecule has 0 saturated heterocycles. The predicted octanol–water partition coefficient (Wildman–Crippen LogP) is 3.81. The molecule has 1 aliphatic rings. The second kappa shape index (κ2) is 4.83. The van der Waals surface area contributed by atoms with Crippen molar-refractivity contribution >= 4 is 22.9 Å². The lowest BCUT2D eigenvalue weighted by molar-refractivity contribution is 0.301. The molecule has 1 aromatic carbocycles. The topological polar surface area (TPSA) is 3.24 Å². The summed E-state index contributed by atoms with van der Waals surface area (Å²) in [7, 11) is 0. The molecule has 0 aromatic heterocycles. The molecule has 0 radical (unpaired) electrons. The smallest absolute Gasteiger partial charge is 0.0338 e. The largest absolute Gasteiger partial charge is 0.240 e. The van der Waals surface area contributed by atoms with Crippen molar-refractivity contribution in [2.75, 3.05) is 0 Å². The van der Waals surface area contributed by atoms with Crippen molar-refractivity contribution < 1.29 is 0 Å². The Labute approximate surface area is 106 Å². The number of hydrogen-bond donors (Lipinski definition) is 0. The number of rotatable bonds is 2. The lowest BCUT2D eigenvalue weighted by atomic mass is 9.91. The van der Waals surface area contributed by atoms with E-state index in [2.05, 4.69) is 64.1 Å². The number of nitrogens with zero attached hydrogens (tertiary/aromatic N) is 1. The Morgan fingerprint density at radius 2 is 2.00 bits per heavy atom. The van der Waals surface area contributed by atoms with E-state index in [1.165, 1.54) is 18.4 Å². The van der Waals surface area contributed by atoms with Gasteiger partial charge in [-0.3, -0.25) is 0 Å². The maximum Gasteiger partial charge on any atom is 0.0338 e. The summed E-state index contributed by atoms with van der Waals surface area (Å²) in [6.07, 6.45) is 2.52. The molecular weight excluding hydrogens is 297 g/mol. The van der Waals surface area contributed by atoms with Crippen molar-refractivity contribution in [3.8, 4) is 0 Å². The van der Waals surface area contributed by atoms with Crippen LogP contribution in [0.4, 0.5) is 0 Å². The number of benzene rings is 1. The van der Waals surface area contributed by atoms with Crippen LogP contribution < -0.4 is 0 Å². The van der Waals surface area contributed by atoms with E-state index in [0.29, 0.717) is 0 Å². The minimum absolute atomic E-state index is 0.723. The van der Waals surface area contributed by atoms with Gasteiger partial charge >= 0.3 is 0 Å². The van der Waals surface area contributed by atoms with Crippen molar-refractivity contribution in [3.05, 3.63) is 35.4 Å². The van der Waals surface area contributed by atoms with Crippen LogP contribution in [0.3, 0.4) is 0 Å². The van der Waals surface area contributed by atoms with Crippen LogP contribution in [0.1, 0.15) is 31.4 Å². The van der Waals surface area contributed by atoms with E-state index < -0.39 is 0 Å². The number of hydrogen-bond acceptors (Lipinski definition) is 1. The van der Waals surface area contributed by atoms with E-state index in [1.54, 1.807) is 5.56 Å². The Morgan fingerprint density at radius 3 is 2.67 bits per heavy atom. The summed E-state index contributed by atoms with van der Waals surface area (Å²) in [6.45, 7) is 5.73. The van der Waals surface area contributed by atoms with E-state index in [9.17, 15) is 0 Å². The minimum atomic E-state index is 0.723. The van der Waals surface area contributed by atoms with Gasteiger partial charge in [0.05, 0.1) is 0 Å². The van der Waals surface area contributed by atoms with Crippen LogP contribution in [0.15, 0.2) is 24.3 Å². The monoisotopic (exact) mass is 315 g/mol. The van der Waals surface area contributed by atoms with Crippen molar-refractivity contribution in [1.82, 2.24) is 3.11 Å². The normalized spacial score (nSPS) is 21.7. The molecule has 0 N–H and O–H groups in total. The van der Waals surface area contributed by atoms with Gasteiger partial charge in [-0.2, -0.15) is 0 Å². The van der Waals surface area contributed by atoms with Gasteiger partial charge in [0, 0.05) is 35.5 Å². The molecule has 2 rings (SSSR count). The molecule has 0 saturated carbocycles. The lowest BCUT2D eigenvalue weighted by Crippen LogP contribution is -2.34. The van der Waals surface area contributed by atoms with E-state index in [-0.39, 0.29) is 0 Å². The Kier molecular flexibility index (Phi) is 3.67. The molecule has 1 atom stereocenters. The molecule has 1 aromatic rings. The van der Waals surface area contributed by atoms with Gasteiger partial charge in [-0.05, 0) is 29.9 Å². The molecule has 15 heavy (non-hydrogen) atoms. The van der Waals surface area contributed by atoms with Gasteiger partial charge in [0.1, 0.15) is 0 Å². The molecular formula is C13H18IN. The first-order chi connectivity index (χ1) is 7.16. The second-order valence-electron chi connectivity index (χ2n) is 4.81. The third-order valence-electron chi connectivity index (χ3n) is 3.04. The molecule has 0 fully saturated rings. The minimum Gasteiger partial charge on any atom is -0.240 e. The molecule has 1 unspecified atom stereocenters. The number of fused-ring (bicyclic) bond motifs is 1. The van der Waals surface area contributed by atoms with Gasteiger partial charge in [0.15, 0.2) is 0 Å². The van der Waals surface area contributed by atoms with Crippen LogP contribution in [0.2, 0.25) is 0 Å². The highest BCUT2D eigenvalue weighted by Gasteiger charge is 2.24. The molecule has 0 spiro atoms. The van der Waals surface area contributed by atoms with Crippen molar-refractivity contribution in [2.24, 2.45) is 5.92 Å². The second-order valence-corrected chi connectivity index (χ2v) is 6.05. The summed E-state index contributed by atoms with van der Waals surface area (Å²) in [5, 5.41) is 0. The standard InChI is InChI=1S/C13H18IN/c1-10(2)7-13-8-11-5-3-4-6-12(11)9-15(13)14/h3-6,10,13H,7-9H2,1-2H3. The zero-order valence-electron chi connectivity index (χ0n) is 9.41. The van der Waals surface area contributed by atoms with Gasteiger partial charge in [0.2, 0.25) is 0 Å². The summed E-state index contributed by atoms with van der Waals surface area (Å²) in [4.78, 5) is 0. The Bertz CT molecular complexity index is 335. The lowest BCUT2D eigenvalue weighted by Gasteiger charge is -2.33. The summed E-state index contributed by atoms with van der Waals surface area (Å²) in [5.74, 6) is 0.789. The van der Waals surface area contributed by atoms with Crippen LogP contribution in [-0.4, -0.2) is 9.16 Å². The molecule has 1 nitrogen and oxygen atoms in total. The highest BCUT2D eigenvalue weighted by molar-refractivity contribution is 14.1. The Hall–Kier alpha value is -0.0900. The SMILES string of the molecule is CC(C)CC1Cc2ccccc2CN1I. The summed E-state index contributed by atoms with van der Waals surface area (Å²) >= 11 is 2.48. The van der Waals surface area contributed by atoms with Gasteiger partial charge in [-0.1, -0.05) is 38.1 Å². The van der Waals surface area contributed by atoms with Crippen LogP contribution >= 0.6 is 22.9 Å². The Balaban J connectivity index is 2.14. The zero-order chi connectivity index (χ0) is 10.8. The van der Waals surface area contributed by atoms with Gasteiger partial charge in [-0.15, -0.1) is 0 Å². The predicted molar refractivity (Wildman–Crippen MR) is 73.0 cm³/mol. The number of halogens is 1. The van der Waals surface area contributed by atoms with Crippen LogP contribution in [0.5, 0.6) is 0 Å². The molecule has 1 aliphatic heterocycles. The van der Waals surface area contributed by atoms with Gasteiger partial charge < -0.3 is 0 Å². The average Bonchev–Trinajstić information content (AvgIpc) is 2.18. The van der Waals surface area contributed by atoms with Gasteiger partial charge in [-0.25, -0.2) is 3.11 Å². The van der Waals surface area contributed by atoms with Crippen LogP contribution in [0.25, 0.3) is 0 Å². The van der Waals surface area contributed by atoms with E-state index >= 15 is 0 Å². The fourth-order valence-electron chi connectivity index (χ4n) is 2.30. The molecule has 1 heterocycles. The first-order valence-electron chi connectivity index (χ1n) is 5.66. The van der Waals surface area contributed by atoms with Crippen LogP contribution in [0, 0.1) is 5.92 Å². The summed E-state index contributed by atoms with van der Waals surface area (Å²) < 4.78 is 2.47. The first kappa shape index (κ1) is 11.4. The van der Waals surface area contributed by atoms with Crippen molar-refractivity contribution in [3.63, 3.8) is 0 Å². The molecule has 82 valence electrons. The van der Waals surface area contributed by atoms with Gasteiger partial charge in [0.25, 0.3) is 0 Å². The molecule has 2 heteroatoms. The quantitative estimate of drug-likeness (QED) is 0.592. The zero-order valence-corrected chi connectivity index (χ0v) is 11.6. The van der Waals surface area contributed by atoms with Crippen LogP contribution in [-0.2, 0) is 13.0 Å². The Morgan fingerprint density at radius 1 is 1.33 bits per heavy atom. The van der Waals surface area contributed by atoms with Crippen molar-refractivity contribution in [1.29, 1.82) is 0 Å². The van der Waals surface area contributed by atoms with Crippen molar-refractivity contribution in [2.45, 2.75) is 39.3 Å². The maximum absolute atomic E-state index is 2.48. The maximum atomic E-state index is 2.48. The average molecular weight is 315 g/mol. The third kappa shape index (κ3) is 2.72.